The maximum atomic E-state index is 10.9. The number of phenolic OH excluding ortho intramolecular Hbond substituents is 1. The average Bonchev–Trinajstić information content (AvgIpc) is 3.04. The zero-order chi connectivity index (χ0) is 17.8. The van der Waals surface area contributed by atoms with E-state index in [2.05, 4.69) is 10.5 Å². The number of hydrazone groups is 1. The number of anilines is 1. The average molecular weight is 358 g/mol. The van der Waals surface area contributed by atoms with Crippen molar-refractivity contribution in [3.05, 3.63) is 75.5 Å². The molecule has 1 heterocycles. The number of non-ortho nitro benzene ring substituents is 1. The van der Waals surface area contributed by atoms with Crippen molar-refractivity contribution in [2.75, 3.05) is 5.43 Å². The molecule has 0 aliphatic rings. The van der Waals surface area contributed by atoms with Gasteiger partial charge in [-0.15, -0.1) is 0 Å². The van der Waals surface area contributed by atoms with Gasteiger partial charge in [0, 0.05) is 17.2 Å². The third-order valence-corrected chi connectivity index (χ3v) is 3.53. The molecule has 2 aromatic carbocycles. The van der Waals surface area contributed by atoms with E-state index in [1.807, 2.05) is 0 Å². The summed E-state index contributed by atoms with van der Waals surface area (Å²) in [5.41, 5.74) is 3.62. The molecule has 0 radical (unpaired) electrons. The van der Waals surface area contributed by atoms with E-state index in [0.717, 1.165) is 0 Å². The lowest BCUT2D eigenvalue weighted by molar-refractivity contribution is -0.384. The molecule has 25 heavy (non-hydrogen) atoms. The van der Waals surface area contributed by atoms with Crippen LogP contribution >= 0.6 is 11.6 Å². The van der Waals surface area contributed by atoms with E-state index in [1.165, 1.54) is 24.4 Å². The second kappa shape index (κ2) is 7.06. The summed E-state index contributed by atoms with van der Waals surface area (Å²) in [6, 6.07) is 14.0. The number of aromatic hydroxyl groups is 1. The van der Waals surface area contributed by atoms with Crippen LogP contribution in [0.25, 0.3) is 11.3 Å². The third-order valence-electron chi connectivity index (χ3n) is 3.29. The predicted octanol–water partition coefficient (Wildman–Crippen LogP) is 4.66. The highest BCUT2D eigenvalue weighted by Gasteiger charge is 2.14. The standard InChI is InChI=1S/C17H12ClN3O4/c18-11-2-1-3-12(8-11)20-19-10-14-5-7-17(25-14)15-9-13(21(23)24)4-6-16(15)22/h1-10,20,22H. The molecule has 0 amide bonds. The molecule has 126 valence electrons. The molecule has 0 aliphatic heterocycles. The SMILES string of the molecule is O=[N+]([O-])c1ccc(O)c(-c2ccc(C=NNc3cccc(Cl)c3)o2)c1. The maximum Gasteiger partial charge on any atom is 0.270 e. The Hall–Kier alpha value is -3.32. The van der Waals surface area contributed by atoms with E-state index < -0.39 is 4.92 Å². The molecule has 3 aromatic rings. The molecule has 0 bridgehead atoms. The Morgan fingerprint density at radius 2 is 2.04 bits per heavy atom. The largest absolute Gasteiger partial charge is 0.507 e. The van der Waals surface area contributed by atoms with Crippen molar-refractivity contribution >= 4 is 29.2 Å². The number of hydrogen-bond donors (Lipinski definition) is 2. The molecule has 2 N–H and O–H groups in total. The first-order valence-electron chi connectivity index (χ1n) is 7.15. The van der Waals surface area contributed by atoms with Gasteiger partial charge in [-0.2, -0.15) is 5.10 Å². The Balaban J connectivity index is 1.77. The number of nitro benzene ring substituents is 1. The van der Waals surface area contributed by atoms with Gasteiger partial charge < -0.3 is 9.52 Å². The number of benzene rings is 2. The molecular formula is C17H12ClN3O4. The van der Waals surface area contributed by atoms with Gasteiger partial charge in [-0.05, 0) is 36.4 Å². The molecule has 0 aliphatic carbocycles. The van der Waals surface area contributed by atoms with Gasteiger partial charge in [0.2, 0.25) is 0 Å². The maximum absolute atomic E-state index is 10.9. The fourth-order valence-electron chi connectivity index (χ4n) is 2.13. The number of rotatable bonds is 5. The van der Waals surface area contributed by atoms with E-state index in [1.54, 1.807) is 36.4 Å². The van der Waals surface area contributed by atoms with Crippen molar-refractivity contribution < 1.29 is 14.4 Å². The topological polar surface area (TPSA) is 101 Å². The summed E-state index contributed by atoms with van der Waals surface area (Å²) >= 11 is 5.88. The minimum absolute atomic E-state index is 0.111. The molecule has 3 rings (SSSR count). The van der Waals surface area contributed by atoms with E-state index >= 15 is 0 Å². The van der Waals surface area contributed by atoms with Crippen LogP contribution in [0.15, 0.2) is 64.1 Å². The number of halogens is 1. The molecule has 0 spiro atoms. The lowest BCUT2D eigenvalue weighted by atomic mass is 10.1. The molecule has 7 nitrogen and oxygen atoms in total. The van der Waals surface area contributed by atoms with Crippen LogP contribution in [0.3, 0.4) is 0 Å². The molecule has 0 saturated heterocycles. The summed E-state index contributed by atoms with van der Waals surface area (Å²) in [4.78, 5) is 10.3. The molecule has 0 saturated carbocycles. The highest BCUT2D eigenvalue weighted by molar-refractivity contribution is 6.30. The fourth-order valence-corrected chi connectivity index (χ4v) is 2.32. The minimum Gasteiger partial charge on any atom is -0.507 e. The van der Waals surface area contributed by atoms with Gasteiger partial charge in [-0.1, -0.05) is 17.7 Å². The third kappa shape index (κ3) is 3.96. The van der Waals surface area contributed by atoms with Crippen molar-refractivity contribution in [2.45, 2.75) is 0 Å². The van der Waals surface area contributed by atoms with E-state index in [4.69, 9.17) is 16.0 Å². The van der Waals surface area contributed by atoms with Crippen LogP contribution in [0.5, 0.6) is 5.75 Å². The first-order valence-corrected chi connectivity index (χ1v) is 7.53. The molecule has 0 atom stereocenters. The number of nitro groups is 1. The van der Waals surface area contributed by atoms with E-state index in [0.29, 0.717) is 22.2 Å². The smallest absolute Gasteiger partial charge is 0.270 e. The quantitative estimate of drug-likeness (QED) is 0.393. The van der Waals surface area contributed by atoms with Gasteiger partial charge in [0.1, 0.15) is 17.3 Å². The monoisotopic (exact) mass is 357 g/mol. The Bertz CT molecular complexity index is 953. The predicted molar refractivity (Wildman–Crippen MR) is 95.1 cm³/mol. The van der Waals surface area contributed by atoms with Gasteiger partial charge in [-0.25, -0.2) is 0 Å². The summed E-state index contributed by atoms with van der Waals surface area (Å²) in [5.74, 6) is 0.598. The van der Waals surface area contributed by atoms with Crippen molar-refractivity contribution in [1.29, 1.82) is 0 Å². The first kappa shape index (κ1) is 16.5. The summed E-state index contributed by atoms with van der Waals surface area (Å²) in [6.07, 6.45) is 1.44. The number of furan rings is 1. The van der Waals surface area contributed by atoms with Crippen LogP contribution in [-0.4, -0.2) is 16.2 Å². The Morgan fingerprint density at radius 3 is 2.80 bits per heavy atom. The summed E-state index contributed by atoms with van der Waals surface area (Å²) < 4.78 is 5.55. The van der Waals surface area contributed by atoms with Crippen molar-refractivity contribution in [2.24, 2.45) is 5.10 Å². The molecule has 0 unspecified atom stereocenters. The van der Waals surface area contributed by atoms with E-state index in [-0.39, 0.29) is 17.0 Å². The Kier molecular flexibility index (Phi) is 4.67. The number of nitrogens with one attached hydrogen (secondary N) is 1. The van der Waals surface area contributed by atoms with Crippen molar-refractivity contribution in [3.8, 4) is 17.1 Å². The first-order chi connectivity index (χ1) is 12.0. The summed E-state index contributed by atoms with van der Waals surface area (Å²) in [7, 11) is 0. The fraction of sp³-hybridized carbons (Fsp3) is 0. The zero-order valence-electron chi connectivity index (χ0n) is 12.7. The van der Waals surface area contributed by atoms with Gasteiger partial charge >= 0.3 is 0 Å². The summed E-state index contributed by atoms with van der Waals surface area (Å²) in [6.45, 7) is 0. The highest BCUT2D eigenvalue weighted by atomic mass is 35.5. The van der Waals surface area contributed by atoms with Gasteiger partial charge in [0.25, 0.3) is 5.69 Å². The lowest BCUT2D eigenvalue weighted by Gasteiger charge is -2.01. The molecule has 8 heteroatoms. The van der Waals surface area contributed by atoms with Gasteiger partial charge in [0.15, 0.2) is 0 Å². The molecular weight excluding hydrogens is 346 g/mol. The Morgan fingerprint density at radius 1 is 1.20 bits per heavy atom. The normalized spacial score (nSPS) is 10.9. The molecule has 0 fully saturated rings. The van der Waals surface area contributed by atoms with Gasteiger partial charge in [-0.3, -0.25) is 15.5 Å². The van der Waals surface area contributed by atoms with Crippen LogP contribution in [-0.2, 0) is 0 Å². The second-order valence-electron chi connectivity index (χ2n) is 5.04. The van der Waals surface area contributed by atoms with Crippen LogP contribution in [0.1, 0.15) is 5.76 Å². The zero-order valence-corrected chi connectivity index (χ0v) is 13.5. The Labute approximate surface area is 147 Å². The van der Waals surface area contributed by atoms with E-state index in [9.17, 15) is 15.2 Å². The lowest BCUT2D eigenvalue weighted by Crippen LogP contribution is -1.89. The minimum atomic E-state index is -0.539. The number of phenols is 1. The van der Waals surface area contributed by atoms with Gasteiger partial charge in [0.05, 0.1) is 22.4 Å². The van der Waals surface area contributed by atoms with Crippen LogP contribution in [0.2, 0.25) is 5.02 Å². The molecule has 1 aromatic heterocycles. The summed E-state index contributed by atoms with van der Waals surface area (Å²) in [5, 5.41) is 25.4. The number of hydrogen-bond acceptors (Lipinski definition) is 6. The van der Waals surface area contributed by atoms with Crippen molar-refractivity contribution in [3.63, 3.8) is 0 Å². The second-order valence-corrected chi connectivity index (χ2v) is 5.48. The van der Waals surface area contributed by atoms with Crippen molar-refractivity contribution in [1.82, 2.24) is 0 Å². The van der Waals surface area contributed by atoms with Crippen LogP contribution in [0, 0.1) is 10.1 Å². The van der Waals surface area contributed by atoms with Crippen LogP contribution < -0.4 is 5.43 Å². The number of nitrogens with zero attached hydrogens (tertiary/aromatic N) is 2. The van der Waals surface area contributed by atoms with Crippen LogP contribution in [0.4, 0.5) is 11.4 Å². The highest BCUT2D eigenvalue weighted by Crippen LogP contribution is 2.33.